The molecule has 15 heavy (non-hydrogen) atoms. The summed E-state index contributed by atoms with van der Waals surface area (Å²) in [5.74, 6) is 0. The van der Waals surface area contributed by atoms with Gasteiger partial charge >= 0.3 is 0 Å². The molecule has 0 unspecified atom stereocenters. The van der Waals surface area contributed by atoms with Crippen LogP contribution in [0.1, 0.15) is 5.56 Å². The predicted octanol–water partition coefficient (Wildman–Crippen LogP) is 1.56. The molecule has 1 aromatic rings. The van der Waals surface area contributed by atoms with Crippen LogP contribution in [-0.2, 0) is 9.84 Å². The molecule has 0 radical (unpaired) electrons. The Hall–Kier alpha value is -1.29. The molecule has 0 atom stereocenters. The Morgan fingerprint density at radius 1 is 1.20 bits per heavy atom. The highest BCUT2D eigenvalue weighted by atomic mass is 32.2. The Balaban J connectivity index is 2.24. The van der Waals surface area contributed by atoms with Crippen LogP contribution >= 0.6 is 0 Å². The summed E-state index contributed by atoms with van der Waals surface area (Å²) in [6.45, 7) is 3.85. The molecule has 4 heteroatoms. The molecular weight excluding hydrogens is 210 g/mol. The van der Waals surface area contributed by atoms with E-state index >= 15 is 0 Å². The van der Waals surface area contributed by atoms with Crippen molar-refractivity contribution < 1.29 is 8.42 Å². The van der Waals surface area contributed by atoms with Gasteiger partial charge in [-0.05, 0) is 19.1 Å². The van der Waals surface area contributed by atoms with Crippen molar-refractivity contribution in [1.82, 2.24) is 4.90 Å². The van der Waals surface area contributed by atoms with Crippen LogP contribution in [0.3, 0.4) is 0 Å². The lowest BCUT2D eigenvalue weighted by molar-refractivity contribution is 0.604. The fourth-order valence-corrected chi connectivity index (χ4v) is 2.18. The van der Waals surface area contributed by atoms with Crippen LogP contribution in [-0.4, -0.2) is 26.4 Å². The van der Waals surface area contributed by atoms with E-state index in [1.54, 1.807) is 30.5 Å². The highest BCUT2D eigenvalue weighted by Gasteiger charge is 2.14. The molecule has 0 saturated carbocycles. The number of hydrogen-bond donors (Lipinski definition) is 0. The Labute approximate surface area is 89.9 Å². The fraction of sp³-hybridized carbons (Fsp3) is 0.273. The number of hydrogen-bond acceptors (Lipinski definition) is 3. The maximum absolute atomic E-state index is 11.8. The number of benzene rings is 1. The highest BCUT2D eigenvalue weighted by Crippen LogP contribution is 2.14. The van der Waals surface area contributed by atoms with Gasteiger partial charge in [0.05, 0.1) is 10.3 Å². The number of rotatable bonds is 3. The third-order valence-electron chi connectivity index (χ3n) is 2.28. The van der Waals surface area contributed by atoms with E-state index in [0.717, 1.165) is 18.7 Å². The number of sulfone groups is 1. The second-order valence-electron chi connectivity index (χ2n) is 3.68. The third kappa shape index (κ3) is 2.59. The smallest absolute Gasteiger partial charge is 0.201 e. The zero-order valence-electron chi connectivity index (χ0n) is 8.55. The minimum Gasteiger partial charge on any atom is -0.373 e. The van der Waals surface area contributed by atoms with Crippen molar-refractivity contribution in [3.05, 3.63) is 41.4 Å². The van der Waals surface area contributed by atoms with Crippen LogP contribution in [0, 0.1) is 6.92 Å². The van der Waals surface area contributed by atoms with E-state index in [1.165, 1.54) is 5.41 Å². The van der Waals surface area contributed by atoms with Crippen molar-refractivity contribution in [1.29, 1.82) is 0 Å². The van der Waals surface area contributed by atoms with Gasteiger partial charge in [0.1, 0.15) is 0 Å². The van der Waals surface area contributed by atoms with Crippen molar-refractivity contribution in [2.24, 2.45) is 0 Å². The van der Waals surface area contributed by atoms with Gasteiger partial charge in [0.2, 0.25) is 9.84 Å². The van der Waals surface area contributed by atoms with E-state index in [1.807, 2.05) is 11.8 Å². The first kappa shape index (κ1) is 10.2. The summed E-state index contributed by atoms with van der Waals surface area (Å²) in [7, 11) is -3.25. The van der Waals surface area contributed by atoms with Crippen molar-refractivity contribution in [2.75, 3.05) is 13.1 Å². The molecule has 0 bridgehead atoms. The highest BCUT2D eigenvalue weighted by molar-refractivity contribution is 7.94. The predicted molar refractivity (Wildman–Crippen MR) is 59.1 cm³/mol. The van der Waals surface area contributed by atoms with E-state index < -0.39 is 9.84 Å². The number of aryl methyl sites for hydroxylation is 1. The van der Waals surface area contributed by atoms with E-state index in [2.05, 4.69) is 0 Å². The topological polar surface area (TPSA) is 37.1 Å². The normalized spacial score (nSPS) is 15.9. The first-order chi connectivity index (χ1) is 7.08. The molecule has 1 fully saturated rings. The van der Waals surface area contributed by atoms with Crippen LogP contribution in [0.5, 0.6) is 0 Å². The zero-order chi connectivity index (χ0) is 10.9. The molecule has 0 N–H and O–H groups in total. The van der Waals surface area contributed by atoms with Crippen LogP contribution in [0.15, 0.2) is 40.8 Å². The van der Waals surface area contributed by atoms with E-state index in [0.29, 0.717) is 4.90 Å². The van der Waals surface area contributed by atoms with Crippen molar-refractivity contribution in [3.8, 4) is 0 Å². The molecule has 0 aliphatic carbocycles. The molecule has 1 aliphatic heterocycles. The van der Waals surface area contributed by atoms with Gasteiger partial charge in [-0.2, -0.15) is 0 Å². The van der Waals surface area contributed by atoms with E-state index in [9.17, 15) is 8.42 Å². The van der Waals surface area contributed by atoms with Gasteiger partial charge in [0.15, 0.2) is 0 Å². The molecule has 1 saturated heterocycles. The second kappa shape index (κ2) is 3.70. The molecule has 80 valence electrons. The third-order valence-corrected chi connectivity index (χ3v) is 3.69. The summed E-state index contributed by atoms with van der Waals surface area (Å²) in [6.07, 6.45) is 1.63. The average molecular weight is 223 g/mol. The van der Waals surface area contributed by atoms with Crippen LogP contribution < -0.4 is 0 Å². The maximum atomic E-state index is 11.8. The Morgan fingerprint density at radius 3 is 2.33 bits per heavy atom. The molecule has 0 aromatic heterocycles. The molecule has 1 aromatic carbocycles. The molecule has 0 spiro atoms. The van der Waals surface area contributed by atoms with Gasteiger partial charge in [0, 0.05) is 19.3 Å². The lowest BCUT2D eigenvalue weighted by atomic mass is 10.2. The monoisotopic (exact) mass is 223 g/mol. The number of nitrogens with zero attached hydrogens (tertiary/aromatic N) is 1. The summed E-state index contributed by atoms with van der Waals surface area (Å²) < 4.78 is 23.5. The second-order valence-corrected chi connectivity index (χ2v) is 5.51. The van der Waals surface area contributed by atoms with Crippen LogP contribution in [0.4, 0.5) is 0 Å². The first-order valence-electron chi connectivity index (χ1n) is 4.82. The summed E-state index contributed by atoms with van der Waals surface area (Å²) in [6, 6.07) is 6.88. The van der Waals surface area contributed by atoms with Crippen LogP contribution in [0.2, 0.25) is 0 Å². The molecule has 1 aliphatic rings. The van der Waals surface area contributed by atoms with Gasteiger partial charge in [-0.15, -0.1) is 0 Å². The lowest BCUT2D eigenvalue weighted by Crippen LogP contribution is -1.97. The van der Waals surface area contributed by atoms with Crippen molar-refractivity contribution >= 4 is 9.84 Å². The quantitative estimate of drug-likeness (QED) is 0.730. The summed E-state index contributed by atoms with van der Waals surface area (Å²) in [4.78, 5) is 2.29. The van der Waals surface area contributed by atoms with Gasteiger partial charge in [-0.1, -0.05) is 17.7 Å². The van der Waals surface area contributed by atoms with Crippen LogP contribution in [0.25, 0.3) is 0 Å². The summed E-state index contributed by atoms with van der Waals surface area (Å²) >= 11 is 0. The van der Waals surface area contributed by atoms with Gasteiger partial charge in [-0.3, -0.25) is 0 Å². The Bertz CT molecular complexity index is 470. The molecule has 2 rings (SSSR count). The minimum absolute atomic E-state index is 0.353. The van der Waals surface area contributed by atoms with Gasteiger partial charge < -0.3 is 4.90 Å². The first-order valence-corrected chi connectivity index (χ1v) is 6.36. The molecule has 3 nitrogen and oxygen atoms in total. The van der Waals surface area contributed by atoms with Gasteiger partial charge in [-0.25, -0.2) is 8.42 Å². The molecular formula is C11H13NO2S. The van der Waals surface area contributed by atoms with Crippen molar-refractivity contribution in [2.45, 2.75) is 11.8 Å². The largest absolute Gasteiger partial charge is 0.373 e. The maximum Gasteiger partial charge on any atom is 0.201 e. The molecule has 0 amide bonds. The van der Waals surface area contributed by atoms with E-state index in [4.69, 9.17) is 0 Å². The fourth-order valence-electron chi connectivity index (χ4n) is 1.18. The molecule has 1 heterocycles. The Kier molecular flexibility index (Phi) is 2.52. The zero-order valence-corrected chi connectivity index (χ0v) is 9.37. The summed E-state index contributed by atoms with van der Waals surface area (Å²) in [5, 5.41) is 1.27. The Morgan fingerprint density at radius 2 is 1.80 bits per heavy atom. The minimum atomic E-state index is -3.25. The van der Waals surface area contributed by atoms with Crippen molar-refractivity contribution in [3.63, 3.8) is 0 Å². The average Bonchev–Trinajstić information content (AvgIpc) is 2.99. The van der Waals surface area contributed by atoms with E-state index in [-0.39, 0.29) is 0 Å². The SMILES string of the molecule is Cc1ccc(S(=O)(=O)/C=C/N2CC2)cc1. The lowest BCUT2D eigenvalue weighted by Gasteiger charge is -1.99. The van der Waals surface area contributed by atoms with Gasteiger partial charge in [0.25, 0.3) is 0 Å². The summed E-state index contributed by atoms with van der Waals surface area (Å²) in [5.41, 5.74) is 1.06. The standard InChI is InChI=1S/C11H13NO2S/c1-10-2-4-11(5-3-10)15(13,14)9-8-12-6-7-12/h2-5,8-9H,6-7H2,1H3/b9-8+.